The molecule has 2 heterocycles. The minimum Gasteiger partial charge on any atom is -0.493 e. The molecule has 8 heteroatoms. The highest BCUT2D eigenvalue weighted by Crippen LogP contribution is 2.27. The molecule has 30 heavy (non-hydrogen) atoms. The molecule has 1 aliphatic rings. The number of aromatic nitrogens is 2. The molecule has 1 fully saturated rings. The zero-order valence-electron chi connectivity index (χ0n) is 17.7. The zero-order chi connectivity index (χ0) is 21.8. The average molecular weight is 417 g/mol. The van der Waals surface area contributed by atoms with Gasteiger partial charge in [-0.1, -0.05) is 26.8 Å². The molecule has 1 aliphatic heterocycles. The number of hydrogen-bond donors (Lipinski definition) is 1. The van der Waals surface area contributed by atoms with Crippen molar-refractivity contribution in [2.75, 3.05) is 18.1 Å². The van der Waals surface area contributed by atoms with E-state index in [0.717, 1.165) is 0 Å². The summed E-state index contributed by atoms with van der Waals surface area (Å²) in [5, 5.41) is 9.92. The van der Waals surface area contributed by atoms with Crippen molar-refractivity contribution < 1.29 is 23.8 Å². The molecule has 7 nitrogen and oxygen atoms in total. The number of benzene rings is 1. The lowest BCUT2D eigenvalue weighted by Gasteiger charge is -2.23. The molecule has 0 radical (unpaired) electrons. The van der Waals surface area contributed by atoms with Gasteiger partial charge in [-0.2, -0.15) is 0 Å². The summed E-state index contributed by atoms with van der Waals surface area (Å²) in [4.78, 5) is 22.1. The van der Waals surface area contributed by atoms with Crippen molar-refractivity contribution in [1.82, 2.24) is 9.97 Å². The Labute approximate surface area is 175 Å². The predicted molar refractivity (Wildman–Crippen MR) is 110 cm³/mol. The van der Waals surface area contributed by atoms with Gasteiger partial charge in [0.2, 0.25) is 0 Å². The van der Waals surface area contributed by atoms with E-state index >= 15 is 0 Å². The Balaban J connectivity index is 1.74. The number of carbonyl (C=O) groups excluding carboxylic acids is 1. The number of ether oxygens (including phenoxy) is 2. The summed E-state index contributed by atoms with van der Waals surface area (Å²) in [5.41, 5.74) is 0.545. The molecule has 1 saturated heterocycles. The molecule has 162 valence electrons. The van der Waals surface area contributed by atoms with Crippen LogP contribution in [0.1, 0.15) is 45.0 Å². The number of amides is 1. The van der Waals surface area contributed by atoms with Gasteiger partial charge in [0.05, 0.1) is 12.7 Å². The molecule has 0 aliphatic carbocycles. The van der Waals surface area contributed by atoms with Crippen LogP contribution < -0.4 is 9.64 Å². The fourth-order valence-corrected chi connectivity index (χ4v) is 3.32. The van der Waals surface area contributed by atoms with Crippen molar-refractivity contribution in [3.63, 3.8) is 0 Å². The van der Waals surface area contributed by atoms with Gasteiger partial charge in [0.1, 0.15) is 35.9 Å². The standard InChI is InChI=1S/C22H28FN3O4/c1-13(2)11-29-16-5-6-17(18(23)10-16)14(3)9-20-24-8-7-21(25-20)26-19(15(4)27)12-30-22(26)28/h5-8,10,13-15,19,27H,9,11-12H2,1-4H3/t14-,15-,19-/m1/s1. The predicted octanol–water partition coefficient (Wildman–Crippen LogP) is 3.70. The molecule has 1 aromatic heterocycles. The van der Waals surface area contributed by atoms with Crippen molar-refractivity contribution in [1.29, 1.82) is 0 Å². The summed E-state index contributed by atoms with van der Waals surface area (Å²) in [6, 6.07) is 5.98. The summed E-state index contributed by atoms with van der Waals surface area (Å²) in [5.74, 6) is 1.18. The quantitative estimate of drug-likeness (QED) is 0.705. The molecule has 0 spiro atoms. The van der Waals surface area contributed by atoms with E-state index in [4.69, 9.17) is 9.47 Å². The Morgan fingerprint density at radius 2 is 2.07 bits per heavy atom. The van der Waals surface area contributed by atoms with E-state index in [-0.39, 0.29) is 18.3 Å². The zero-order valence-corrected chi connectivity index (χ0v) is 17.7. The molecular formula is C22H28FN3O4. The normalized spacial score (nSPS) is 18.4. The van der Waals surface area contributed by atoms with Crippen LogP contribution in [0.2, 0.25) is 0 Å². The Hall–Kier alpha value is -2.74. The number of carbonyl (C=O) groups is 1. The van der Waals surface area contributed by atoms with Crippen LogP contribution in [-0.4, -0.2) is 46.5 Å². The summed E-state index contributed by atoms with van der Waals surface area (Å²) in [6.07, 6.45) is 0.619. The number of rotatable bonds is 8. The Kier molecular flexibility index (Phi) is 6.87. The number of aliphatic hydroxyl groups is 1. The van der Waals surface area contributed by atoms with Crippen LogP contribution in [0, 0.1) is 11.7 Å². The lowest BCUT2D eigenvalue weighted by atomic mass is 9.96. The van der Waals surface area contributed by atoms with Crippen LogP contribution >= 0.6 is 0 Å². The van der Waals surface area contributed by atoms with Gasteiger partial charge in [-0.25, -0.2) is 19.2 Å². The third kappa shape index (κ3) is 5.05. The lowest BCUT2D eigenvalue weighted by molar-refractivity contribution is 0.142. The number of anilines is 1. The van der Waals surface area contributed by atoms with Crippen molar-refractivity contribution in [3.8, 4) is 5.75 Å². The fourth-order valence-electron chi connectivity index (χ4n) is 3.32. The van der Waals surface area contributed by atoms with Crippen LogP contribution in [0.3, 0.4) is 0 Å². The highest BCUT2D eigenvalue weighted by molar-refractivity contribution is 5.89. The Bertz CT molecular complexity index is 890. The van der Waals surface area contributed by atoms with E-state index in [1.807, 2.05) is 20.8 Å². The number of aliphatic hydroxyl groups excluding tert-OH is 1. The highest BCUT2D eigenvalue weighted by Gasteiger charge is 2.38. The second-order valence-electron chi connectivity index (χ2n) is 8.08. The van der Waals surface area contributed by atoms with Gasteiger partial charge in [-0.05, 0) is 36.5 Å². The first-order valence-corrected chi connectivity index (χ1v) is 10.1. The van der Waals surface area contributed by atoms with Crippen LogP contribution in [0.15, 0.2) is 30.5 Å². The van der Waals surface area contributed by atoms with Crippen LogP contribution in [0.4, 0.5) is 15.0 Å². The number of hydrogen-bond acceptors (Lipinski definition) is 6. The van der Waals surface area contributed by atoms with E-state index in [9.17, 15) is 14.3 Å². The van der Waals surface area contributed by atoms with Crippen LogP contribution in [0.25, 0.3) is 0 Å². The largest absolute Gasteiger partial charge is 0.493 e. The number of halogens is 1. The summed E-state index contributed by atoms with van der Waals surface area (Å²) >= 11 is 0. The van der Waals surface area contributed by atoms with E-state index in [2.05, 4.69) is 9.97 Å². The molecule has 0 saturated carbocycles. The van der Waals surface area contributed by atoms with Crippen LogP contribution in [-0.2, 0) is 11.2 Å². The smallest absolute Gasteiger partial charge is 0.416 e. The maximum atomic E-state index is 14.6. The third-order valence-corrected chi connectivity index (χ3v) is 4.98. The summed E-state index contributed by atoms with van der Waals surface area (Å²) < 4.78 is 25.3. The van der Waals surface area contributed by atoms with Gasteiger partial charge in [0, 0.05) is 18.7 Å². The van der Waals surface area contributed by atoms with Crippen molar-refractivity contribution in [2.24, 2.45) is 5.92 Å². The fraction of sp³-hybridized carbons (Fsp3) is 0.500. The summed E-state index contributed by atoms with van der Waals surface area (Å²) in [6.45, 7) is 8.19. The van der Waals surface area contributed by atoms with E-state index in [1.54, 1.807) is 31.3 Å². The first-order valence-electron chi connectivity index (χ1n) is 10.1. The van der Waals surface area contributed by atoms with Crippen molar-refractivity contribution in [3.05, 3.63) is 47.7 Å². The molecule has 3 rings (SSSR count). The second-order valence-corrected chi connectivity index (χ2v) is 8.08. The van der Waals surface area contributed by atoms with E-state index in [1.165, 1.54) is 11.0 Å². The maximum absolute atomic E-state index is 14.6. The minimum absolute atomic E-state index is 0.0999. The number of nitrogens with zero attached hydrogens (tertiary/aromatic N) is 3. The van der Waals surface area contributed by atoms with Gasteiger partial charge in [0.15, 0.2) is 0 Å². The van der Waals surface area contributed by atoms with Crippen molar-refractivity contribution >= 4 is 11.9 Å². The lowest BCUT2D eigenvalue weighted by Crippen LogP contribution is -2.41. The monoisotopic (exact) mass is 417 g/mol. The topological polar surface area (TPSA) is 84.8 Å². The molecule has 0 unspecified atom stereocenters. The molecular weight excluding hydrogens is 389 g/mol. The van der Waals surface area contributed by atoms with E-state index in [0.29, 0.717) is 41.9 Å². The molecule has 1 N–H and O–H groups in total. The van der Waals surface area contributed by atoms with Crippen molar-refractivity contribution in [2.45, 2.75) is 52.2 Å². The van der Waals surface area contributed by atoms with Gasteiger partial charge in [-0.3, -0.25) is 4.90 Å². The second kappa shape index (κ2) is 9.38. The molecule has 2 aromatic rings. The van der Waals surface area contributed by atoms with Gasteiger partial charge >= 0.3 is 6.09 Å². The first-order chi connectivity index (χ1) is 14.3. The number of cyclic esters (lactones) is 1. The van der Waals surface area contributed by atoms with Crippen LogP contribution in [0.5, 0.6) is 5.75 Å². The average Bonchev–Trinajstić information content (AvgIpc) is 3.08. The van der Waals surface area contributed by atoms with Gasteiger partial charge in [-0.15, -0.1) is 0 Å². The van der Waals surface area contributed by atoms with E-state index < -0.39 is 18.2 Å². The summed E-state index contributed by atoms with van der Waals surface area (Å²) in [7, 11) is 0. The van der Waals surface area contributed by atoms with Gasteiger partial charge in [0.25, 0.3) is 0 Å². The van der Waals surface area contributed by atoms with Gasteiger partial charge < -0.3 is 14.6 Å². The minimum atomic E-state index is -0.765. The molecule has 1 aromatic carbocycles. The Morgan fingerprint density at radius 1 is 1.30 bits per heavy atom. The third-order valence-electron chi connectivity index (χ3n) is 4.98. The first kappa shape index (κ1) is 22.0. The Morgan fingerprint density at radius 3 is 2.73 bits per heavy atom. The molecule has 0 bridgehead atoms. The maximum Gasteiger partial charge on any atom is 0.416 e. The SMILES string of the molecule is CC(C)COc1ccc([C@H](C)Cc2nccc(N3C(=O)OC[C@@H]3[C@@H](C)O)n2)c(F)c1. The molecule has 1 amide bonds. The molecule has 3 atom stereocenters. The highest BCUT2D eigenvalue weighted by atomic mass is 19.1.